The van der Waals surface area contributed by atoms with E-state index in [0.29, 0.717) is 0 Å². The average Bonchev–Trinajstić information content (AvgIpc) is 1.69. The predicted octanol–water partition coefficient (Wildman–Crippen LogP) is -0.535. The van der Waals surface area contributed by atoms with Crippen LogP contribution in [0.3, 0.4) is 0 Å². The highest BCUT2D eigenvalue weighted by molar-refractivity contribution is 5.71. The molecule has 0 aromatic heterocycles. The molecule has 1 aliphatic heterocycles. The van der Waals surface area contributed by atoms with Crippen molar-refractivity contribution in [1.82, 2.24) is 5.32 Å². The number of allylic oxidation sites excluding steroid dienone is 1. The van der Waals surface area contributed by atoms with Gasteiger partial charge < -0.3 is 5.11 Å². The van der Waals surface area contributed by atoms with E-state index in [1.807, 2.05) is 0 Å². The number of hydrogen-bond donors (Lipinski definition) is 1. The lowest BCUT2D eigenvalue weighted by Crippen LogP contribution is -2.16. The van der Waals surface area contributed by atoms with E-state index in [1.54, 1.807) is 6.08 Å². The molecule has 1 N–H and O–H groups in total. The molecule has 1 aliphatic rings. The summed E-state index contributed by atoms with van der Waals surface area (Å²) < 4.78 is 0. The third kappa shape index (κ3) is 1.01. The Morgan fingerprint density at radius 1 is 1.57 bits per heavy atom. The lowest BCUT2D eigenvalue weighted by molar-refractivity contribution is 0.159. The maximum absolute atomic E-state index is 8.49. The fourth-order valence-corrected chi connectivity index (χ4v) is 0.330. The average molecular weight is 97.1 g/mol. The molecule has 0 aliphatic carbocycles. The normalized spacial score (nSPS) is 27.3. The summed E-state index contributed by atoms with van der Waals surface area (Å²) in [6, 6.07) is 0. The molecule has 0 aromatic rings. The van der Waals surface area contributed by atoms with Crippen molar-refractivity contribution < 1.29 is 5.11 Å². The van der Waals surface area contributed by atoms with Crippen LogP contribution in [0, 0.1) is 0 Å². The number of rotatable bonds is 0. The Labute approximate surface area is 41.4 Å². The first kappa shape index (κ1) is 4.33. The van der Waals surface area contributed by atoms with Gasteiger partial charge in [-0.3, -0.25) is 0 Å². The first-order chi connectivity index (χ1) is 3.39. The van der Waals surface area contributed by atoms with Crippen LogP contribution in [-0.2, 0) is 0 Å². The van der Waals surface area contributed by atoms with Gasteiger partial charge in [-0.2, -0.15) is 0 Å². The topological polar surface area (TPSA) is 46.7 Å². The monoisotopic (exact) mass is 97.0 g/mol. The van der Waals surface area contributed by atoms with Gasteiger partial charge in [-0.1, -0.05) is 0 Å². The molecule has 0 fully saturated rings. The summed E-state index contributed by atoms with van der Waals surface area (Å²) in [5, 5.41) is 12.0. The zero-order valence-electron chi connectivity index (χ0n) is 3.65. The van der Waals surface area contributed by atoms with Crippen molar-refractivity contribution in [1.29, 1.82) is 0 Å². The summed E-state index contributed by atoms with van der Waals surface area (Å²) in [6.45, 7) is 0. The van der Waals surface area contributed by atoms with Crippen LogP contribution >= 0.6 is 0 Å². The van der Waals surface area contributed by atoms with Crippen molar-refractivity contribution in [3.63, 3.8) is 0 Å². The Balaban J connectivity index is 2.49. The second-order valence-electron chi connectivity index (χ2n) is 1.14. The van der Waals surface area contributed by atoms with E-state index < -0.39 is 6.35 Å². The number of aliphatic hydroxyl groups excluding tert-OH is 1. The van der Waals surface area contributed by atoms with Gasteiger partial charge in [0, 0.05) is 12.4 Å². The fourth-order valence-electron chi connectivity index (χ4n) is 0.330. The maximum atomic E-state index is 8.49. The van der Waals surface area contributed by atoms with E-state index in [4.69, 9.17) is 5.11 Å². The lowest BCUT2D eigenvalue weighted by Gasteiger charge is -2.01. The number of aliphatic imine (C=N–C) groups is 1. The van der Waals surface area contributed by atoms with E-state index in [0.717, 1.165) is 0 Å². The minimum Gasteiger partial charge on any atom is -0.354 e. The molecule has 0 amide bonds. The van der Waals surface area contributed by atoms with Crippen LogP contribution in [0.25, 0.3) is 0 Å². The molecule has 0 bridgehead atoms. The van der Waals surface area contributed by atoms with Gasteiger partial charge in [0.1, 0.15) is 0 Å². The quantitative estimate of drug-likeness (QED) is 0.433. The Hall–Kier alpha value is -0.830. The van der Waals surface area contributed by atoms with Gasteiger partial charge >= 0.3 is 0 Å². The molecule has 3 heteroatoms. The van der Waals surface area contributed by atoms with Gasteiger partial charge in [0.25, 0.3) is 0 Å². The molecule has 3 nitrogen and oxygen atoms in total. The molecule has 0 spiro atoms. The van der Waals surface area contributed by atoms with Gasteiger partial charge in [0.2, 0.25) is 6.35 Å². The summed E-state index contributed by atoms with van der Waals surface area (Å²) >= 11 is 0. The minimum atomic E-state index is -0.856. The van der Waals surface area contributed by atoms with E-state index in [2.05, 4.69) is 10.3 Å². The SMILES string of the molecule is OC1[N]C=CC=N1. The van der Waals surface area contributed by atoms with Crippen molar-refractivity contribution in [2.24, 2.45) is 4.99 Å². The molecule has 0 saturated carbocycles. The molecule has 37 valence electrons. The first-order valence-corrected chi connectivity index (χ1v) is 1.96. The van der Waals surface area contributed by atoms with Crippen LogP contribution in [0.15, 0.2) is 17.3 Å². The second kappa shape index (κ2) is 1.75. The van der Waals surface area contributed by atoms with Gasteiger partial charge in [-0.05, 0) is 6.08 Å². The molecule has 0 saturated heterocycles. The molecule has 1 rings (SSSR count). The summed E-state index contributed by atoms with van der Waals surface area (Å²) in [5.41, 5.74) is 0. The molecule has 7 heavy (non-hydrogen) atoms. The molecule has 1 atom stereocenters. The highest BCUT2D eigenvalue weighted by Crippen LogP contribution is 1.85. The molecule has 1 heterocycles. The summed E-state index contributed by atoms with van der Waals surface area (Å²) in [5.74, 6) is 0. The second-order valence-corrected chi connectivity index (χ2v) is 1.14. The van der Waals surface area contributed by atoms with Crippen LogP contribution in [0.4, 0.5) is 0 Å². The molecular formula is C4H5N2O. The third-order valence-corrected chi connectivity index (χ3v) is 0.611. The van der Waals surface area contributed by atoms with Crippen LogP contribution in [-0.4, -0.2) is 17.7 Å². The van der Waals surface area contributed by atoms with Crippen molar-refractivity contribution in [3.05, 3.63) is 12.3 Å². The van der Waals surface area contributed by atoms with E-state index >= 15 is 0 Å². The maximum Gasteiger partial charge on any atom is 0.242 e. The van der Waals surface area contributed by atoms with Crippen molar-refractivity contribution >= 4 is 6.21 Å². The highest BCUT2D eigenvalue weighted by Gasteiger charge is 1.96. The van der Waals surface area contributed by atoms with Gasteiger partial charge in [-0.15, -0.1) is 0 Å². The zero-order valence-corrected chi connectivity index (χ0v) is 3.65. The molecular weight excluding hydrogens is 92.1 g/mol. The van der Waals surface area contributed by atoms with Crippen LogP contribution in [0.1, 0.15) is 0 Å². The van der Waals surface area contributed by atoms with Crippen molar-refractivity contribution in [2.45, 2.75) is 6.35 Å². The van der Waals surface area contributed by atoms with E-state index in [-0.39, 0.29) is 0 Å². The Kier molecular flexibility index (Phi) is 1.08. The number of aliphatic hydroxyl groups is 1. The summed E-state index contributed by atoms with van der Waals surface area (Å²) in [7, 11) is 0. The highest BCUT2D eigenvalue weighted by atomic mass is 16.3. The predicted molar refractivity (Wildman–Crippen MR) is 25.8 cm³/mol. The molecule has 1 radical (unpaired) electrons. The number of hydrogen-bond acceptors (Lipinski definition) is 2. The van der Waals surface area contributed by atoms with E-state index in [1.165, 1.54) is 12.4 Å². The smallest absolute Gasteiger partial charge is 0.242 e. The first-order valence-electron chi connectivity index (χ1n) is 1.96. The fraction of sp³-hybridized carbons (Fsp3) is 0.250. The third-order valence-electron chi connectivity index (χ3n) is 0.611. The molecule has 0 aromatic carbocycles. The van der Waals surface area contributed by atoms with Crippen LogP contribution in [0.2, 0.25) is 0 Å². The zero-order chi connectivity index (χ0) is 5.11. The Bertz CT molecular complexity index is 108. The Morgan fingerprint density at radius 3 is 2.71 bits per heavy atom. The van der Waals surface area contributed by atoms with Crippen molar-refractivity contribution in [3.8, 4) is 0 Å². The minimum absolute atomic E-state index is 0.856. The number of nitrogens with zero attached hydrogens (tertiary/aromatic N) is 2. The van der Waals surface area contributed by atoms with Gasteiger partial charge in [0.15, 0.2) is 0 Å². The molecule has 1 unspecified atom stereocenters. The van der Waals surface area contributed by atoms with Gasteiger partial charge in [-0.25, -0.2) is 10.3 Å². The van der Waals surface area contributed by atoms with Crippen molar-refractivity contribution in [2.75, 3.05) is 0 Å². The lowest BCUT2D eigenvalue weighted by atomic mass is 10.6. The summed E-state index contributed by atoms with van der Waals surface area (Å²) in [6.07, 6.45) is 3.83. The standard InChI is InChI=1S/C4H5N2O/c7-4-5-2-1-3-6-4/h1-4,7H. The van der Waals surface area contributed by atoms with Gasteiger partial charge in [0.05, 0.1) is 0 Å². The van der Waals surface area contributed by atoms with Crippen LogP contribution < -0.4 is 5.32 Å². The largest absolute Gasteiger partial charge is 0.354 e. The Morgan fingerprint density at radius 2 is 2.43 bits per heavy atom. The summed E-state index contributed by atoms with van der Waals surface area (Å²) in [4.78, 5) is 3.51. The van der Waals surface area contributed by atoms with E-state index in [9.17, 15) is 0 Å². The van der Waals surface area contributed by atoms with Crippen LogP contribution in [0.5, 0.6) is 0 Å².